The highest BCUT2D eigenvalue weighted by atomic mass is 32.2. The average Bonchev–Trinajstić information content (AvgIpc) is 2.60. The molecule has 2 aliphatic rings. The second-order valence-electron chi connectivity index (χ2n) is 5.82. The van der Waals surface area contributed by atoms with Crippen LogP contribution in [0.15, 0.2) is 12.1 Å². The van der Waals surface area contributed by atoms with Crippen LogP contribution in [0.2, 0.25) is 0 Å². The third-order valence-electron chi connectivity index (χ3n) is 4.29. The predicted molar refractivity (Wildman–Crippen MR) is 69.2 cm³/mol. The first-order chi connectivity index (χ1) is 9.38. The van der Waals surface area contributed by atoms with E-state index in [1.54, 1.807) is 0 Å². The summed E-state index contributed by atoms with van der Waals surface area (Å²) >= 11 is 0. The molecule has 2 aliphatic heterocycles. The Bertz CT molecular complexity index is 560. The molecule has 2 bridgehead atoms. The van der Waals surface area contributed by atoms with Gasteiger partial charge >= 0.3 is 0 Å². The molecule has 3 rings (SSSR count). The van der Waals surface area contributed by atoms with Gasteiger partial charge in [-0.25, -0.2) is 13.2 Å². The van der Waals surface area contributed by atoms with E-state index in [-0.39, 0.29) is 22.5 Å². The van der Waals surface area contributed by atoms with Gasteiger partial charge in [0.2, 0.25) is 0 Å². The Kier molecular flexibility index (Phi) is 3.41. The Hall–Kier alpha value is -0.880. The van der Waals surface area contributed by atoms with E-state index in [1.807, 2.05) is 0 Å². The summed E-state index contributed by atoms with van der Waals surface area (Å²) in [6.45, 7) is 0. The van der Waals surface area contributed by atoms with E-state index in [0.29, 0.717) is 18.9 Å². The van der Waals surface area contributed by atoms with Gasteiger partial charge in [-0.15, -0.1) is 0 Å². The largest absolute Gasteiger partial charge is 0.389 e. The topological polar surface area (TPSA) is 37.3 Å². The molecule has 2 atom stereocenters. The van der Waals surface area contributed by atoms with Crippen molar-refractivity contribution in [2.24, 2.45) is 0 Å². The molecule has 2 fully saturated rings. The summed E-state index contributed by atoms with van der Waals surface area (Å²) in [7, 11) is -0.924. The van der Waals surface area contributed by atoms with Crippen LogP contribution in [0.4, 0.5) is 13.2 Å². The molecule has 110 valence electrons. The number of aliphatic hydroxyl groups is 1. The molecule has 1 N–H and O–H groups in total. The smallest absolute Gasteiger partial charge is 0.161 e. The Morgan fingerprint density at radius 2 is 1.65 bits per heavy atom. The Morgan fingerprint density at radius 1 is 1.10 bits per heavy atom. The zero-order valence-electron chi connectivity index (χ0n) is 10.7. The summed E-state index contributed by atoms with van der Waals surface area (Å²) in [5.74, 6) is -3.20. The molecule has 6 heteroatoms. The Morgan fingerprint density at radius 3 is 2.25 bits per heavy atom. The number of halogens is 3. The van der Waals surface area contributed by atoms with E-state index in [1.165, 1.54) is 0 Å². The standard InChI is InChI=1S/C14H15F3O2S/c15-11-4-13(17)12(16)3-8(11)5-14(18)6-9-1-2-10(7-14)20(9)19/h3-4,9-10,18H,1-2,5-7H2. The Labute approximate surface area is 117 Å². The van der Waals surface area contributed by atoms with Crippen LogP contribution in [0.1, 0.15) is 31.2 Å². The van der Waals surface area contributed by atoms with Gasteiger partial charge in [0, 0.05) is 33.8 Å². The minimum Gasteiger partial charge on any atom is -0.389 e. The normalized spacial score (nSPS) is 36.3. The summed E-state index contributed by atoms with van der Waals surface area (Å²) in [5.41, 5.74) is -1.20. The van der Waals surface area contributed by atoms with E-state index in [2.05, 4.69) is 0 Å². The molecule has 0 radical (unpaired) electrons. The SMILES string of the molecule is O=S1C2CCC1CC(O)(Cc1cc(F)c(F)cc1F)C2. The maximum Gasteiger partial charge on any atom is 0.161 e. The first-order valence-corrected chi connectivity index (χ1v) is 7.91. The van der Waals surface area contributed by atoms with Crippen LogP contribution in [-0.2, 0) is 17.2 Å². The number of hydrogen-bond donors (Lipinski definition) is 1. The van der Waals surface area contributed by atoms with Crippen LogP contribution in [0.5, 0.6) is 0 Å². The molecule has 2 heterocycles. The summed E-state index contributed by atoms with van der Waals surface area (Å²) in [6.07, 6.45) is 2.20. The molecule has 1 aromatic rings. The maximum atomic E-state index is 13.7. The summed E-state index contributed by atoms with van der Waals surface area (Å²) in [6, 6.07) is 1.31. The monoisotopic (exact) mass is 304 g/mol. The highest BCUT2D eigenvalue weighted by molar-refractivity contribution is 7.86. The highest BCUT2D eigenvalue weighted by Gasteiger charge is 2.47. The lowest BCUT2D eigenvalue weighted by atomic mass is 9.86. The predicted octanol–water partition coefficient (Wildman–Crippen LogP) is 2.45. The number of benzene rings is 1. The zero-order valence-corrected chi connectivity index (χ0v) is 11.6. The molecule has 2 nitrogen and oxygen atoms in total. The van der Waals surface area contributed by atoms with Crippen molar-refractivity contribution in [3.8, 4) is 0 Å². The summed E-state index contributed by atoms with van der Waals surface area (Å²) < 4.78 is 51.7. The first kappa shape index (κ1) is 14.1. The fourth-order valence-electron chi connectivity index (χ4n) is 3.37. The van der Waals surface area contributed by atoms with E-state index >= 15 is 0 Å². The van der Waals surface area contributed by atoms with Crippen molar-refractivity contribution in [2.45, 2.75) is 48.2 Å². The van der Waals surface area contributed by atoms with Crippen LogP contribution < -0.4 is 0 Å². The van der Waals surface area contributed by atoms with Gasteiger partial charge < -0.3 is 5.11 Å². The van der Waals surface area contributed by atoms with Crippen molar-refractivity contribution in [3.05, 3.63) is 35.1 Å². The van der Waals surface area contributed by atoms with Crippen LogP contribution in [0, 0.1) is 17.5 Å². The van der Waals surface area contributed by atoms with E-state index in [0.717, 1.165) is 18.9 Å². The van der Waals surface area contributed by atoms with Gasteiger partial charge in [-0.3, -0.25) is 4.21 Å². The van der Waals surface area contributed by atoms with Gasteiger partial charge in [0.05, 0.1) is 5.60 Å². The molecule has 2 saturated heterocycles. The lowest BCUT2D eigenvalue weighted by Crippen LogP contribution is -2.44. The molecule has 20 heavy (non-hydrogen) atoms. The Balaban J connectivity index is 1.84. The quantitative estimate of drug-likeness (QED) is 0.852. The average molecular weight is 304 g/mol. The highest BCUT2D eigenvalue weighted by Crippen LogP contribution is 2.42. The fraction of sp³-hybridized carbons (Fsp3) is 0.571. The van der Waals surface area contributed by atoms with Crippen molar-refractivity contribution in [3.63, 3.8) is 0 Å². The van der Waals surface area contributed by atoms with Gasteiger partial charge in [0.25, 0.3) is 0 Å². The van der Waals surface area contributed by atoms with Crippen LogP contribution in [0.25, 0.3) is 0 Å². The molecule has 0 spiro atoms. The fourth-order valence-corrected chi connectivity index (χ4v) is 5.60. The molecule has 0 aliphatic carbocycles. The molecule has 2 unspecified atom stereocenters. The molecule has 0 saturated carbocycles. The minimum absolute atomic E-state index is 0.0292. The number of rotatable bonds is 2. The second kappa shape index (κ2) is 4.84. The summed E-state index contributed by atoms with van der Waals surface area (Å²) in [5, 5.41) is 10.5. The van der Waals surface area contributed by atoms with Gasteiger partial charge in [0.1, 0.15) is 5.82 Å². The van der Waals surface area contributed by atoms with E-state index in [4.69, 9.17) is 0 Å². The van der Waals surface area contributed by atoms with Gasteiger partial charge in [-0.2, -0.15) is 0 Å². The summed E-state index contributed by atoms with van der Waals surface area (Å²) in [4.78, 5) is 0. The molecular formula is C14H15F3O2S. The third kappa shape index (κ3) is 2.39. The lowest BCUT2D eigenvalue weighted by molar-refractivity contribution is 0.0222. The number of hydrogen-bond acceptors (Lipinski definition) is 2. The second-order valence-corrected chi connectivity index (χ2v) is 7.81. The molecule has 0 aromatic heterocycles. The third-order valence-corrected chi connectivity index (χ3v) is 6.41. The first-order valence-electron chi connectivity index (χ1n) is 6.63. The van der Waals surface area contributed by atoms with E-state index in [9.17, 15) is 22.5 Å². The van der Waals surface area contributed by atoms with Crippen molar-refractivity contribution < 1.29 is 22.5 Å². The maximum absolute atomic E-state index is 13.7. The van der Waals surface area contributed by atoms with Crippen LogP contribution in [0.3, 0.4) is 0 Å². The van der Waals surface area contributed by atoms with Crippen molar-refractivity contribution in [1.29, 1.82) is 0 Å². The molecule has 0 amide bonds. The lowest BCUT2D eigenvalue weighted by Gasteiger charge is -2.36. The van der Waals surface area contributed by atoms with Crippen molar-refractivity contribution >= 4 is 10.8 Å². The van der Waals surface area contributed by atoms with Gasteiger partial charge in [-0.1, -0.05) is 0 Å². The van der Waals surface area contributed by atoms with Crippen molar-refractivity contribution in [2.75, 3.05) is 0 Å². The minimum atomic E-state index is -1.23. The zero-order chi connectivity index (χ0) is 14.5. The van der Waals surface area contributed by atoms with Crippen molar-refractivity contribution in [1.82, 2.24) is 0 Å². The molecule has 1 aromatic carbocycles. The number of fused-ring (bicyclic) bond motifs is 2. The van der Waals surface area contributed by atoms with Gasteiger partial charge in [0.15, 0.2) is 11.6 Å². The van der Waals surface area contributed by atoms with E-state index < -0.39 is 33.9 Å². The van der Waals surface area contributed by atoms with Crippen LogP contribution >= 0.6 is 0 Å². The van der Waals surface area contributed by atoms with Crippen LogP contribution in [-0.4, -0.2) is 25.4 Å². The molecular weight excluding hydrogens is 289 g/mol. The van der Waals surface area contributed by atoms with Gasteiger partial charge in [-0.05, 0) is 37.3 Å².